The van der Waals surface area contributed by atoms with Gasteiger partial charge in [0.2, 0.25) is 0 Å². The Balaban J connectivity index is 1.32. The molecule has 0 fully saturated rings. The Hall–Kier alpha value is -5.80. The molecule has 0 atom stereocenters. The standard InChI is InChI=1S/C60H63BN2/c1-38-29-54-56-55(30-38)63(51-28-26-43(58(5,6)7)34-48(51)47-24-17-16-23-46(47)39-19-14-13-15-20-39)52-32-41-37-60(11,12)36-40(41)31-50(52)61(56)49-27-25-44(59(8,9)10)35-53(49)62(54)45-22-18-21-42(33-45)57(2,3)4/h13-35H,36-37H2,1-12H3. The lowest BCUT2D eigenvalue weighted by Crippen LogP contribution is -2.61. The molecule has 0 unspecified atom stereocenters. The van der Waals surface area contributed by atoms with Gasteiger partial charge in [0, 0.05) is 34.0 Å². The van der Waals surface area contributed by atoms with Crippen molar-refractivity contribution in [2.24, 2.45) is 5.41 Å². The number of rotatable bonds is 4. The van der Waals surface area contributed by atoms with Gasteiger partial charge in [-0.3, -0.25) is 0 Å². The zero-order valence-corrected chi connectivity index (χ0v) is 39.7. The summed E-state index contributed by atoms with van der Waals surface area (Å²) in [6, 6.07) is 54.2. The van der Waals surface area contributed by atoms with Crippen LogP contribution in [0.2, 0.25) is 0 Å². The Morgan fingerprint density at radius 3 is 1.70 bits per heavy atom. The molecule has 0 spiro atoms. The molecule has 0 amide bonds. The highest BCUT2D eigenvalue weighted by molar-refractivity contribution is 7.00. The summed E-state index contributed by atoms with van der Waals surface area (Å²) in [5, 5.41) is 0. The Bertz CT molecular complexity index is 2950. The fourth-order valence-corrected chi connectivity index (χ4v) is 10.8. The fourth-order valence-electron chi connectivity index (χ4n) is 10.8. The maximum Gasteiger partial charge on any atom is 0.252 e. The summed E-state index contributed by atoms with van der Waals surface area (Å²) in [5.41, 5.74) is 25.1. The van der Waals surface area contributed by atoms with Crippen molar-refractivity contribution in [1.82, 2.24) is 0 Å². The Morgan fingerprint density at radius 1 is 0.444 bits per heavy atom. The molecule has 0 bridgehead atoms. The van der Waals surface area contributed by atoms with Gasteiger partial charge in [-0.1, -0.05) is 167 Å². The zero-order chi connectivity index (χ0) is 44.4. The largest absolute Gasteiger partial charge is 0.311 e. The maximum atomic E-state index is 2.67. The van der Waals surface area contributed by atoms with Crippen LogP contribution >= 0.6 is 0 Å². The number of aryl methyl sites for hydroxylation is 1. The first-order valence-corrected chi connectivity index (χ1v) is 23.2. The summed E-state index contributed by atoms with van der Waals surface area (Å²) >= 11 is 0. The van der Waals surface area contributed by atoms with Gasteiger partial charge in [0.05, 0.1) is 5.69 Å². The van der Waals surface area contributed by atoms with Crippen molar-refractivity contribution < 1.29 is 0 Å². The van der Waals surface area contributed by atoms with Crippen LogP contribution in [0.25, 0.3) is 22.3 Å². The van der Waals surface area contributed by atoms with Crippen LogP contribution in [0, 0.1) is 12.3 Å². The van der Waals surface area contributed by atoms with Crippen LogP contribution in [0.15, 0.2) is 140 Å². The van der Waals surface area contributed by atoms with Crippen molar-refractivity contribution in [2.45, 2.75) is 112 Å². The fraction of sp³-hybridized carbons (Fsp3) is 0.300. The molecule has 1 aliphatic carbocycles. The van der Waals surface area contributed by atoms with Gasteiger partial charge < -0.3 is 9.80 Å². The van der Waals surface area contributed by atoms with E-state index in [1.165, 1.54) is 106 Å². The van der Waals surface area contributed by atoms with Gasteiger partial charge in [-0.25, -0.2) is 0 Å². The predicted octanol–water partition coefficient (Wildman–Crippen LogP) is 14.4. The third kappa shape index (κ3) is 7.04. The highest BCUT2D eigenvalue weighted by Crippen LogP contribution is 2.51. The highest BCUT2D eigenvalue weighted by Gasteiger charge is 2.45. The van der Waals surface area contributed by atoms with Crippen molar-refractivity contribution in [3.05, 3.63) is 173 Å². The van der Waals surface area contributed by atoms with E-state index in [0.717, 1.165) is 12.8 Å². The minimum absolute atomic E-state index is 0.00596. The third-order valence-corrected chi connectivity index (χ3v) is 14.1. The number of anilines is 6. The van der Waals surface area contributed by atoms with Gasteiger partial charge in [-0.15, -0.1) is 0 Å². The summed E-state index contributed by atoms with van der Waals surface area (Å²) in [6.45, 7) is 28.3. The molecule has 63 heavy (non-hydrogen) atoms. The molecule has 7 aromatic carbocycles. The first kappa shape index (κ1) is 41.2. The summed E-state index contributed by atoms with van der Waals surface area (Å²) in [5.74, 6) is 0. The van der Waals surface area contributed by atoms with Crippen LogP contribution in [-0.2, 0) is 29.1 Å². The van der Waals surface area contributed by atoms with Crippen LogP contribution in [0.3, 0.4) is 0 Å². The van der Waals surface area contributed by atoms with Crippen molar-refractivity contribution in [2.75, 3.05) is 9.80 Å². The average molecular weight is 823 g/mol. The number of nitrogens with zero attached hydrogens (tertiary/aromatic N) is 2. The molecule has 3 heteroatoms. The number of fused-ring (bicyclic) bond motifs is 5. The van der Waals surface area contributed by atoms with Gasteiger partial charge in [0.15, 0.2) is 0 Å². The Kier molecular flexibility index (Phi) is 9.40. The molecule has 3 aliphatic rings. The lowest BCUT2D eigenvalue weighted by molar-refractivity contribution is 0.392. The van der Waals surface area contributed by atoms with Crippen LogP contribution in [0.1, 0.15) is 110 Å². The van der Waals surface area contributed by atoms with E-state index in [1.54, 1.807) is 0 Å². The smallest absolute Gasteiger partial charge is 0.252 e. The molecular weight excluding hydrogens is 759 g/mol. The molecule has 2 heterocycles. The van der Waals surface area contributed by atoms with E-state index in [4.69, 9.17) is 0 Å². The minimum Gasteiger partial charge on any atom is -0.311 e. The lowest BCUT2D eigenvalue weighted by Gasteiger charge is -2.45. The Labute approximate surface area is 378 Å². The molecule has 0 saturated carbocycles. The second-order valence-electron chi connectivity index (χ2n) is 22.7. The zero-order valence-electron chi connectivity index (χ0n) is 39.7. The van der Waals surface area contributed by atoms with E-state index in [2.05, 4.69) is 232 Å². The minimum atomic E-state index is -0.0352. The quantitative estimate of drug-likeness (QED) is 0.163. The van der Waals surface area contributed by atoms with Gasteiger partial charge in [0.25, 0.3) is 6.71 Å². The molecule has 316 valence electrons. The normalized spacial score (nSPS) is 15.2. The first-order chi connectivity index (χ1) is 29.8. The van der Waals surface area contributed by atoms with E-state index in [9.17, 15) is 0 Å². The van der Waals surface area contributed by atoms with Gasteiger partial charge >= 0.3 is 0 Å². The van der Waals surface area contributed by atoms with E-state index in [1.807, 2.05) is 0 Å². The van der Waals surface area contributed by atoms with Gasteiger partial charge in [-0.2, -0.15) is 0 Å². The highest BCUT2D eigenvalue weighted by atomic mass is 15.2. The molecule has 2 nitrogen and oxygen atoms in total. The maximum absolute atomic E-state index is 2.67. The number of hydrogen-bond acceptors (Lipinski definition) is 2. The van der Waals surface area contributed by atoms with E-state index in [-0.39, 0.29) is 28.4 Å². The van der Waals surface area contributed by atoms with Crippen LogP contribution in [-0.4, -0.2) is 6.71 Å². The van der Waals surface area contributed by atoms with Crippen molar-refractivity contribution >= 4 is 57.2 Å². The summed E-state index contributed by atoms with van der Waals surface area (Å²) in [7, 11) is 0. The van der Waals surface area contributed by atoms with Crippen molar-refractivity contribution in [3.63, 3.8) is 0 Å². The number of benzene rings is 7. The van der Waals surface area contributed by atoms with Crippen LogP contribution < -0.4 is 26.2 Å². The summed E-state index contributed by atoms with van der Waals surface area (Å²) < 4.78 is 0. The molecule has 2 aliphatic heterocycles. The molecule has 0 saturated heterocycles. The van der Waals surface area contributed by atoms with E-state index < -0.39 is 0 Å². The van der Waals surface area contributed by atoms with Crippen molar-refractivity contribution in [1.29, 1.82) is 0 Å². The number of hydrogen-bond donors (Lipinski definition) is 0. The molecule has 10 rings (SSSR count). The second kappa shape index (κ2) is 14.4. The monoisotopic (exact) mass is 823 g/mol. The van der Waals surface area contributed by atoms with E-state index >= 15 is 0 Å². The molecule has 0 N–H and O–H groups in total. The average Bonchev–Trinajstić information content (AvgIpc) is 3.54. The predicted molar refractivity (Wildman–Crippen MR) is 273 cm³/mol. The molecule has 7 aromatic rings. The molecule has 0 aromatic heterocycles. The van der Waals surface area contributed by atoms with Gasteiger partial charge in [0.1, 0.15) is 0 Å². The SMILES string of the molecule is Cc1cc2c3c(c1)N(c1ccc(C(C)(C)C)cc1-c1ccccc1-c1ccccc1)c1cc4c(cc1B3c1ccc(C(C)(C)C)cc1N2c1cccc(C(C)(C)C)c1)CC(C)(C)C4. The first-order valence-electron chi connectivity index (χ1n) is 23.2. The summed E-state index contributed by atoms with van der Waals surface area (Å²) in [6.07, 6.45) is 2.17. The van der Waals surface area contributed by atoms with Crippen LogP contribution in [0.4, 0.5) is 34.1 Å². The third-order valence-electron chi connectivity index (χ3n) is 14.1. The van der Waals surface area contributed by atoms with E-state index in [0.29, 0.717) is 0 Å². The summed E-state index contributed by atoms with van der Waals surface area (Å²) in [4.78, 5) is 5.28. The second-order valence-corrected chi connectivity index (χ2v) is 22.7. The molecular formula is C60H63BN2. The lowest BCUT2D eigenvalue weighted by atomic mass is 9.33. The topological polar surface area (TPSA) is 6.48 Å². The van der Waals surface area contributed by atoms with Crippen molar-refractivity contribution in [3.8, 4) is 22.3 Å². The molecule has 0 radical (unpaired) electrons. The Morgan fingerprint density at radius 2 is 1.02 bits per heavy atom. The van der Waals surface area contributed by atoms with Gasteiger partial charge in [-0.05, 0) is 156 Å². The van der Waals surface area contributed by atoms with Crippen LogP contribution in [0.5, 0.6) is 0 Å².